The molecule has 1 aliphatic heterocycles. The van der Waals surface area contributed by atoms with Crippen LogP contribution in [-0.4, -0.2) is 0 Å². The van der Waals surface area contributed by atoms with Crippen LogP contribution in [0.2, 0.25) is 0 Å². The van der Waals surface area contributed by atoms with Crippen molar-refractivity contribution in [2.24, 2.45) is 7.05 Å². The highest BCUT2D eigenvalue weighted by Crippen LogP contribution is 2.49. The van der Waals surface area contributed by atoms with Crippen molar-refractivity contribution < 1.29 is 9.30 Å². The SMILES string of the molecule is Cc1ccc2cccc3c2c1-c1c(c(C(C)(C)C)cc[n+]1C)O3. The van der Waals surface area contributed by atoms with Crippen LogP contribution >= 0.6 is 0 Å². The van der Waals surface area contributed by atoms with E-state index < -0.39 is 0 Å². The number of pyridine rings is 1. The number of rotatable bonds is 0. The van der Waals surface area contributed by atoms with E-state index in [9.17, 15) is 0 Å². The Hall–Kier alpha value is -2.35. The van der Waals surface area contributed by atoms with Gasteiger partial charge in [-0.3, -0.25) is 0 Å². The monoisotopic (exact) mass is 304 g/mol. The Labute approximate surface area is 137 Å². The summed E-state index contributed by atoms with van der Waals surface area (Å²) < 4.78 is 8.60. The second-order valence-electron chi connectivity index (χ2n) is 7.48. The minimum Gasteiger partial charge on any atom is -0.449 e. The summed E-state index contributed by atoms with van der Waals surface area (Å²) in [5.74, 6) is 1.96. The van der Waals surface area contributed by atoms with E-state index in [1.807, 2.05) is 0 Å². The molecule has 1 aliphatic rings. The summed E-state index contributed by atoms with van der Waals surface area (Å²) in [5, 5.41) is 2.46. The van der Waals surface area contributed by atoms with Gasteiger partial charge in [-0.25, -0.2) is 0 Å². The zero-order valence-corrected chi connectivity index (χ0v) is 14.4. The Kier molecular flexibility index (Phi) is 2.84. The average Bonchev–Trinajstić information content (AvgIpc) is 2.49. The minimum absolute atomic E-state index is 0.0342. The molecule has 23 heavy (non-hydrogen) atoms. The van der Waals surface area contributed by atoms with Gasteiger partial charge in [0.2, 0.25) is 5.75 Å². The molecule has 2 nitrogen and oxygen atoms in total. The molecule has 4 rings (SSSR count). The van der Waals surface area contributed by atoms with Gasteiger partial charge in [0.25, 0.3) is 5.69 Å². The number of ether oxygens (including phenoxy) is 1. The van der Waals surface area contributed by atoms with E-state index in [-0.39, 0.29) is 5.41 Å². The van der Waals surface area contributed by atoms with Crippen molar-refractivity contribution in [3.8, 4) is 22.8 Å². The van der Waals surface area contributed by atoms with Gasteiger partial charge in [-0.2, -0.15) is 4.57 Å². The quantitative estimate of drug-likeness (QED) is 0.415. The van der Waals surface area contributed by atoms with Crippen molar-refractivity contribution in [2.75, 3.05) is 0 Å². The molecule has 0 unspecified atom stereocenters. The summed E-state index contributed by atoms with van der Waals surface area (Å²) >= 11 is 0. The first-order chi connectivity index (χ1) is 10.9. The molecule has 0 N–H and O–H groups in total. The molecule has 0 amide bonds. The topological polar surface area (TPSA) is 13.1 Å². The van der Waals surface area contributed by atoms with Gasteiger partial charge in [0.15, 0.2) is 6.20 Å². The number of benzene rings is 2. The van der Waals surface area contributed by atoms with Crippen LogP contribution < -0.4 is 9.30 Å². The highest BCUT2D eigenvalue weighted by Gasteiger charge is 2.34. The first-order valence-corrected chi connectivity index (χ1v) is 8.11. The Balaban J connectivity index is 2.19. The molecule has 0 aliphatic carbocycles. The minimum atomic E-state index is 0.0342. The van der Waals surface area contributed by atoms with Crippen LogP contribution in [0, 0.1) is 6.92 Å². The molecular formula is C21H22NO+. The Morgan fingerprint density at radius 1 is 1.00 bits per heavy atom. The Bertz CT molecular complexity index is 948. The molecule has 2 heteroatoms. The first-order valence-electron chi connectivity index (χ1n) is 8.11. The number of nitrogens with zero attached hydrogens (tertiary/aromatic N) is 1. The molecular weight excluding hydrogens is 282 g/mol. The van der Waals surface area contributed by atoms with E-state index >= 15 is 0 Å². The Morgan fingerprint density at radius 2 is 1.78 bits per heavy atom. The summed E-state index contributed by atoms with van der Waals surface area (Å²) in [5.41, 5.74) is 5.05. The van der Waals surface area contributed by atoms with Gasteiger partial charge in [0, 0.05) is 17.0 Å². The molecule has 0 saturated heterocycles. The third-order valence-corrected chi connectivity index (χ3v) is 4.75. The molecule has 0 atom stereocenters. The van der Waals surface area contributed by atoms with Crippen LogP contribution in [0.15, 0.2) is 42.6 Å². The van der Waals surface area contributed by atoms with E-state index in [1.54, 1.807) is 0 Å². The maximum Gasteiger partial charge on any atom is 0.256 e. The summed E-state index contributed by atoms with van der Waals surface area (Å²) in [6.45, 7) is 8.89. The van der Waals surface area contributed by atoms with Crippen molar-refractivity contribution in [1.29, 1.82) is 0 Å². The summed E-state index contributed by atoms with van der Waals surface area (Å²) in [6.07, 6.45) is 2.15. The fourth-order valence-electron chi connectivity index (χ4n) is 3.56. The van der Waals surface area contributed by atoms with Crippen LogP contribution in [0.5, 0.6) is 11.5 Å². The summed E-state index contributed by atoms with van der Waals surface area (Å²) in [4.78, 5) is 0. The summed E-state index contributed by atoms with van der Waals surface area (Å²) in [6, 6.07) is 12.9. The lowest BCUT2D eigenvalue weighted by molar-refractivity contribution is -0.660. The van der Waals surface area contributed by atoms with E-state index in [0.717, 1.165) is 11.5 Å². The largest absolute Gasteiger partial charge is 0.449 e. The molecule has 0 bridgehead atoms. The molecule has 3 aromatic rings. The molecule has 116 valence electrons. The lowest BCUT2D eigenvalue weighted by atomic mass is 9.84. The van der Waals surface area contributed by atoms with Gasteiger partial charge >= 0.3 is 0 Å². The van der Waals surface area contributed by atoms with Crippen molar-refractivity contribution in [2.45, 2.75) is 33.1 Å². The molecule has 2 aromatic carbocycles. The predicted molar refractivity (Wildman–Crippen MR) is 94.1 cm³/mol. The van der Waals surface area contributed by atoms with Gasteiger partial charge in [-0.1, -0.05) is 45.0 Å². The van der Waals surface area contributed by atoms with Crippen LogP contribution in [0.4, 0.5) is 0 Å². The van der Waals surface area contributed by atoms with Crippen molar-refractivity contribution in [3.63, 3.8) is 0 Å². The second kappa shape index (κ2) is 4.58. The van der Waals surface area contributed by atoms with Crippen molar-refractivity contribution >= 4 is 10.8 Å². The van der Waals surface area contributed by atoms with Gasteiger partial charge in [0.05, 0.1) is 5.56 Å². The van der Waals surface area contributed by atoms with E-state index in [1.165, 1.54) is 33.2 Å². The number of aromatic nitrogens is 1. The molecule has 2 heterocycles. The fraction of sp³-hybridized carbons (Fsp3) is 0.286. The van der Waals surface area contributed by atoms with E-state index in [2.05, 4.69) is 81.9 Å². The number of hydrogen-bond acceptors (Lipinski definition) is 1. The highest BCUT2D eigenvalue weighted by atomic mass is 16.5. The van der Waals surface area contributed by atoms with Gasteiger partial charge in [-0.15, -0.1) is 0 Å². The molecule has 0 spiro atoms. The third-order valence-electron chi connectivity index (χ3n) is 4.75. The van der Waals surface area contributed by atoms with Gasteiger partial charge < -0.3 is 4.74 Å². The standard InChI is InChI=1S/C21H22NO/c1-13-9-10-14-7-6-8-16-18(14)17(13)19-20(23-16)15(21(2,3)4)11-12-22(19)5/h6-12H,1-5H3/q+1. The van der Waals surface area contributed by atoms with Crippen molar-refractivity contribution in [3.05, 3.63) is 53.7 Å². The van der Waals surface area contributed by atoms with Crippen LogP contribution in [-0.2, 0) is 12.5 Å². The maximum absolute atomic E-state index is 6.42. The molecule has 0 saturated carbocycles. The van der Waals surface area contributed by atoms with Gasteiger partial charge in [0.1, 0.15) is 12.8 Å². The number of hydrogen-bond donors (Lipinski definition) is 0. The van der Waals surface area contributed by atoms with Crippen LogP contribution in [0.25, 0.3) is 22.0 Å². The lowest BCUT2D eigenvalue weighted by Gasteiger charge is -2.27. The van der Waals surface area contributed by atoms with Crippen LogP contribution in [0.1, 0.15) is 31.9 Å². The highest BCUT2D eigenvalue weighted by molar-refractivity contribution is 6.04. The smallest absolute Gasteiger partial charge is 0.256 e. The molecule has 0 fully saturated rings. The molecule has 1 aromatic heterocycles. The van der Waals surface area contributed by atoms with Gasteiger partial charge in [-0.05, 0) is 29.4 Å². The van der Waals surface area contributed by atoms with E-state index in [0.29, 0.717) is 0 Å². The zero-order chi connectivity index (χ0) is 16.4. The normalized spacial score (nSPS) is 12.9. The predicted octanol–water partition coefficient (Wildman–Crippen LogP) is 5.04. The number of fused-ring (bicyclic) bond motifs is 2. The van der Waals surface area contributed by atoms with E-state index in [4.69, 9.17) is 4.74 Å². The fourth-order valence-corrected chi connectivity index (χ4v) is 3.56. The second-order valence-corrected chi connectivity index (χ2v) is 7.48. The van der Waals surface area contributed by atoms with Crippen molar-refractivity contribution in [1.82, 2.24) is 0 Å². The lowest BCUT2D eigenvalue weighted by Crippen LogP contribution is -2.33. The average molecular weight is 304 g/mol. The Morgan fingerprint density at radius 3 is 2.52 bits per heavy atom. The maximum atomic E-state index is 6.42. The first kappa shape index (κ1) is 14.3. The summed E-state index contributed by atoms with van der Waals surface area (Å²) in [7, 11) is 2.10. The molecule has 0 radical (unpaired) electrons. The zero-order valence-electron chi connectivity index (χ0n) is 14.4. The third kappa shape index (κ3) is 1.98. The number of aryl methyl sites for hydroxylation is 2. The van der Waals surface area contributed by atoms with Crippen LogP contribution in [0.3, 0.4) is 0 Å².